The molecule has 0 bridgehead atoms. The number of urea groups is 1. The van der Waals surface area contributed by atoms with E-state index in [0.29, 0.717) is 17.5 Å². The molecule has 0 aliphatic carbocycles. The second kappa shape index (κ2) is 13.5. The number of halogens is 1. The molecule has 0 aliphatic rings. The van der Waals surface area contributed by atoms with Gasteiger partial charge in [0.25, 0.3) is 0 Å². The Balaban J connectivity index is 2.08. The van der Waals surface area contributed by atoms with Crippen molar-refractivity contribution in [2.75, 3.05) is 11.9 Å². The van der Waals surface area contributed by atoms with E-state index in [-0.39, 0.29) is 6.03 Å². The second-order valence-corrected chi connectivity index (χ2v) is 9.87. The van der Waals surface area contributed by atoms with Crippen LogP contribution < -0.4 is 5.32 Å². The van der Waals surface area contributed by atoms with Gasteiger partial charge < -0.3 is 10.2 Å². The summed E-state index contributed by atoms with van der Waals surface area (Å²) in [5, 5.41) is 3.85. The lowest BCUT2D eigenvalue weighted by Crippen LogP contribution is -2.35. The molecule has 2 aromatic carbocycles. The van der Waals surface area contributed by atoms with Crippen molar-refractivity contribution in [1.82, 2.24) is 4.90 Å². The van der Waals surface area contributed by atoms with Gasteiger partial charge in [-0.25, -0.2) is 4.79 Å². The molecule has 4 heteroatoms. The molecule has 0 saturated carbocycles. The minimum absolute atomic E-state index is 0.0436. The van der Waals surface area contributed by atoms with Crippen molar-refractivity contribution in [2.45, 2.75) is 86.1 Å². The number of nitrogens with one attached hydrogen (secondary N) is 1. The molecule has 32 heavy (non-hydrogen) atoms. The first-order valence-electron chi connectivity index (χ1n) is 12.2. The molecule has 0 aromatic heterocycles. The number of hydrogen-bond donors (Lipinski definition) is 1. The van der Waals surface area contributed by atoms with Crippen LogP contribution in [0.15, 0.2) is 36.4 Å². The maximum atomic E-state index is 13.3. The minimum atomic E-state index is -0.0436. The van der Waals surface area contributed by atoms with E-state index in [1.54, 1.807) is 0 Å². The van der Waals surface area contributed by atoms with Crippen LogP contribution in [0.2, 0.25) is 5.02 Å². The number of hydrogen-bond acceptors (Lipinski definition) is 1. The van der Waals surface area contributed by atoms with Crippen LogP contribution in [0.4, 0.5) is 10.5 Å². The van der Waals surface area contributed by atoms with Crippen LogP contribution in [0.3, 0.4) is 0 Å². The van der Waals surface area contributed by atoms with Gasteiger partial charge in [-0.1, -0.05) is 82.3 Å². The van der Waals surface area contributed by atoms with Gasteiger partial charge in [0.2, 0.25) is 0 Å². The van der Waals surface area contributed by atoms with Crippen LogP contribution in [0.1, 0.15) is 81.5 Å². The zero-order valence-corrected chi connectivity index (χ0v) is 21.4. The van der Waals surface area contributed by atoms with Crippen LogP contribution >= 0.6 is 11.6 Å². The first-order chi connectivity index (χ1) is 15.3. The molecule has 2 rings (SSSR count). The number of amides is 2. The van der Waals surface area contributed by atoms with Crippen LogP contribution in [-0.4, -0.2) is 17.5 Å². The number of carbonyl (C=O) groups excluding carboxylic acids is 1. The molecule has 0 atom stereocenters. The monoisotopic (exact) mass is 456 g/mol. The first-order valence-corrected chi connectivity index (χ1v) is 12.6. The van der Waals surface area contributed by atoms with E-state index in [0.717, 1.165) is 42.6 Å². The number of nitrogens with zero attached hydrogens (tertiary/aromatic N) is 1. The number of unbranched alkanes of at least 4 members (excludes halogenated alkanes) is 4. The summed E-state index contributed by atoms with van der Waals surface area (Å²) in [7, 11) is 0. The largest absolute Gasteiger partial charge is 0.322 e. The second-order valence-electron chi connectivity index (χ2n) is 9.43. The molecule has 2 aromatic rings. The molecule has 0 saturated heterocycles. The third kappa shape index (κ3) is 8.86. The Hall–Kier alpha value is -2.00. The lowest BCUT2D eigenvalue weighted by atomic mass is 10.0. The van der Waals surface area contributed by atoms with Gasteiger partial charge in [-0.2, -0.15) is 0 Å². The number of aryl methyl sites for hydroxylation is 3. The number of rotatable bonds is 12. The molecular formula is C28H41ClN2O. The lowest BCUT2D eigenvalue weighted by Gasteiger charge is -2.25. The zero-order chi connectivity index (χ0) is 23.5. The maximum absolute atomic E-state index is 13.3. The summed E-state index contributed by atoms with van der Waals surface area (Å²) >= 11 is 6.17. The van der Waals surface area contributed by atoms with Gasteiger partial charge in [0.15, 0.2) is 0 Å². The predicted octanol–water partition coefficient (Wildman–Crippen LogP) is 8.55. The van der Waals surface area contributed by atoms with Crippen LogP contribution in [-0.2, 0) is 13.0 Å². The van der Waals surface area contributed by atoms with Gasteiger partial charge in [0.05, 0.1) is 0 Å². The van der Waals surface area contributed by atoms with Gasteiger partial charge in [-0.3, -0.25) is 0 Å². The Labute approximate surface area is 200 Å². The fourth-order valence-corrected chi connectivity index (χ4v) is 4.27. The summed E-state index contributed by atoms with van der Waals surface area (Å²) < 4.78 is 0. The van der Waals surface area contributed by atoms with Crippen LogP contribution in [0, 0.1) is 19.8 Å². The highest BCUT2D eigenvalue weighted by Crippen LogP contribution is 2.25. The third-order valence-corrected chi connectivity index (χ3v) is 6.17. The Morgan fingerprint density at radius 2 is 1.56 bits per heavy atom. The highest BCUT2D eigenvalue weighted by atomic mass is 35.5. The highest BCUT2D eigenvalue weighted by Gasteiger charge is 2.16. The molecule has 0 fully saturated rings. The summed E-state index contributed by atoms with van der Waals surface area (Å²) in [5.41, 5.74) is 5.37. The Bertz CT molecular complexity index is 822. The summed E-state index contributed by atoms with van der Waals surface area (Å²) in [6, 6.07) is 12.5. The summed E-state index contributed by atoms with van der Waals surface area (Å²) in [5.74, 6) is 0.710. The van der Waals surface area contributed by atoms with E-state index >= 15 is 0 Å². The number of benzene rings is 2. The molecule has 3 nitrogen and oxygen atoms in total. The average molecular weight is 457 g/mol. The van der Waals surface area contributed by atoms with Crippen molar-refractivity contribution in [3.05, 3.63) is 63.7 Å². The van der Waals surface area contributed by atoms with Crippen molar-refractivity contribution in [1.29, 1.82) is 0 Å². The zero-order valence-electron chi connectivity index (χ0n) is 20.6. The summed E-state index contributed by atoms with van der Waals surface area (Å²) in [4.78, 5) is 15.2. The molecule has 0 spiro atoms. The normalized spacial score (nSPS) is 11.1. The van der Waals surface area contributed by atoms with Crippen LogP contribution in [0.25, 0.3) is 0 Å². The average Bonchev–Trinajstić information content (AvgIpc) is 2.74. The minimum Gasteiger partial charge on any atom is -0.320 e. The van der Waals surface area contributed by atoms with Gasteiger partial charge in [-0.05, 0) is 73.4 Å². The molecule has 2 amide bonds. The van der Waals surface area contributed by atoms with E-state index in [9.17, 15) is 4.79 Å². The molecule has 0 unspecified atom stereocenters. The SMILES string of the molecule is CCCCCCCN(Cc1ccc(CCC(C)C)cc1)C(=O)Nc1c(C)cc(Cl)cc1C. The van der Waals surface area contributed by atoms with Crippen LogP contribution in [0.5, 0.6) is 0 Å². The van der Waals surface area contributed by atoms with E-state index in [2.05, 4.69) is 50.4 Å². The third-order valence-electron chi connectivity index (χ3n) is 5.95. The quantitative estimate of drug-likeness (QED) is 0.318. The Morgan fingerprint density at radius 1 is 0.969 bits per heavy atom. The summed E-state index contributed by atoms with van der Waals surface area (Å²) in [6.07, 6.45) is 8.20. The standard InChI is InChI=1S/C28H41ClN2O/c1-6-7-8-9-10-17-31(20-25-15-13-24(14-16-25)12-11-21(2)3)28(32)30-27-22(4)18-26(29)19-23(27)5/h13-16,18-19,21H,6-12,17,20H2,1-5H3,(H,30,32). The van der Waals surface area contributed by atoms with E-state index in [4.69, 9.17) is 11.6 Å². The number of anilines is 1. The van der Waals surface area contributed by atoms with Crippen molar-refractivity contribution < 1.29 is 4.79 Å². The van der Waals surface area contributed by atoms with Crippen molar-refractivity contribution in [3.63, 3.8) is 0 Å². The Kier molecular flexibility index (Phi) is 11.1. The highest BCUT2D eigenvalue weighted by molar-refractivity contribution is 6.30. The molecule has 0 aliphatic heterocycles. The molecular weight excluding hydrogens is 416 g/mol. The first kappa shape index (κ1) is 26.3. The fourth-order valence-electron chi connectivity index (χ4n) is 3.94. The predicted molar refractivity (Wildman–Crippen MR) is 139 cm³/mol. The van der Waals surface area contributed by atoms with Crippen molar-refractivity contribution in [3.8, 4) is 0 Å². The smallest absolute Gasteiger partial charge is 0.320 e. The fraction of sp³-hybridized carbons (Fsp3) is 0.536. The molecule has 0 heterocycles. The van der Waals surface area contributed by atoms with E-state index in [1.165, 1.54) is 36.8 Å². The Morgan fingerprint density at radius 3 is 2.16 bits per heavy atom. The van der Waals surface area contributed by atoms with E-state index < -0.39 is 0 Å². The molecule has 0 radical (unpaired) electrons. The van der Waals surface area contributed by atoms with Gasteiger partial charge in [0, 0.05) is 23.8 Å². The molecule has 1 N–H and O–H groups in total. The van der Waals surface area contributed by atoms with Gasteiger partial charge in [0.1, 0.15) is 0 Å². The van der Waals surface area contributed by atoms with Crippen molar-refractivity contribution >= 4 is 23.3 Å². The lowest BCUT2D eigenvalue weighted by molar-refractivity contribution is 0.207. The maximum Gasteiger partial charge on any atom is 0.322 e. The van der Waals surface area contributed by atoms with Crippen molar-refractivity contribution in [2.24, 2.45) is 5.92 Å². The molecule has 176 valence electrons. The summed E-state index contributed by atoms with van der Waals surface area (Å²) in [6.45, 7) is 12.1. The van der Waals surface area contributed by atoms with Gasteiger partial charge in [-0.15, -0.1) is 0 Å². The van der Waals surface area contributed by atoms with E-state index in [1.807, 2.05) is 30.9 Å². The topological polar surface area (TPSA) is 32.3 Å². The van der Waals surface area contributed by atoms with Gasteiger partial charge >= 0.3 is 6.03 Å². The number of carbonyl (C=O) groups is 1.